The molecule has 0 aliphatic rings. The fourth-order valence-corrected chi connectivity index (χ4v) is 3.59. The molecule has 9 nitrogen and oxygen atoms in total. The second-order valence-corrected chi connectivity index (χ2v) is 7.68. The Bertz CT molecular complexity index is 1420. The summed E-state index contributed by atoms with van der Waals surface area (Å²) in [4.78, 5) is 25.8. The largest absolute Gasteiger partial charge is 0.340 e. The van der Waals surface area contributed by atoms with Gasteiger partial charge >= 0.3 is 0 Å². The number of hydrogen-bond acceptors (Lipinski definition) is 6. The quantitative estimate of drug-likeness (QED) is 0.396. The highest BCUT2D eigenvalue weighted by Crippen LogP contribution is 2.21. The first-order valence-electron chi connectivity index (χ1n) is 10.7. The summed E-state index contributed by atoms with van der Waals surface area (Å²) < 4.78 is 3.57. The maximum absolute atomic E-state index is 12.8. The maximum Gasteiger partial charge on any atom is 0.259 e. The maximum atomic E-state index is 12.8. The van der Waals surface area contributed by atoms with Gasteiger partial charge < -0.3 is 10.6 Å². The second kappa shape index (κ2) is 8.99. The number of nitrogens with zero attached hydrogens (tertiary/aromatic N) is 6. The zero-order chi connectivity index (χ0) is 23.5. The molecule has 0 aliphatic carbocycles. The first-order valence-corrected chi connectivity index (χ1v) is 10.7. The topological polar surface area (TPSA) is 103 Å². The number of aryl methyl sites for hydroxylation is 1. The van der Waals surface area contributed by atoms with Crippen LogP contribution in [-0.2, 0) is 0 Å². The average molecular weight is 451 g/mol. The number of aromatic nitrogens is 6. The number of benzene rings is 2. The van der Waals surface area contributed by atoms with E-state index in [1.807, 2.05) is 85.3 Å². The number of amides is 1. The zero-order valence-corrected chi connectivity index (χ0v) is 18.7. The van der Waals surface area contributed by atoms with Crippen molar-refractivity contribution in [2.24, 2.45) is 0 Å². The van der Waals surface area contributed by atoms with Gasteiger partial charge in [-0.15, -0.1) is 0 Å². The fourth-order valence-electron chi connectivity index (χ4n) is 3.59. The Morgan fingerprint density at radius 1 is 0.941 bits per heavy atom. The molecule has 3 heterocycles. The minimum atomic E-state index is -0.211. The first-order chi connectivity index (χ1) is 16.6. The van der Waals surface area contributed by atoms with Crippen molar-refractivity contribution in [1.29, 1.82) is 0 Å². The fraction of sp³-hybridized carbons (Fsp3) is 0.0800. The molecular weight excluding hydrogens is 428 g/mol. The Labute approximate surface area is 196 Å². The molecule has 0 spiro atoms. The van der Waals surface area contributed by atoms with E-state index in [0.717, 1.165) is 22.9 Å². The van der Waals surface area contributed by atoms with Crippen LogP contribution >= 0.6 is 0 Å². The molecule has 0 aliphatic heterocycles. The monoisotopic (exact) mass is 450 g/mol. The molecule has 0 saturated heterocycles. The average Bonchev–Trinajstić information content (AvgIpc) is 3.51. The van der Waals surface area contributed by atoms with E-state index in [1.54, 1.807) is 23.4 Å². The normalized spacial score (nSPS) is 10.8. The molecular formula is C25H22N8O. The van der Waals surface area contributed by atoms with Crippen molar-refractivity contribution < 1.29 is 4.79 Å². The summed E-state index contributed by atoms with van der Waals surface area (Å²) in [5, 5.41) is 10.6. The number of hydrogen-bond donors (Lipinski definition) is 2. The van der Waals surface area contributed by atoms with Gasteiger partial charge in [-0.05, 0) is 50.2 Å². The predicted molar refractivity (Wildman–Crippen MR) is 130 cm³/mol. The Morgan fingerprint density at radius 2 is 1.71 bits per heavy atom. The van der Waals surface area contributed by atoms with Crippen molar-refractivity contribution in [3.05, 3.63) is 103 Å². The number of nitrogens with one attached hydrogen (secondary N) is 2. The van der Waals surface area contributed by atoms with Crippen LogP contribution < -0.4 is 10.6 Å². The zero-order valence-electron chi connectivity index (χ0n) is 18.7. The van der Waals surface area contributed by atoms with Gasteiger partial charge in [0.05, 0.1) is 23.1 Å². The van der Waals surface area contributed by atoms with Crippen molar-refractivity contribution in [3.63, 3.8) is 0 Å². The summed E-state index contributed by atoms with van der Waals surface area (Å²) in [5.74, 6) is 1.82. The Balaban J connectivity index is 1.28. The highest BCUT2D eigenvalue weighted by molar-refractivity contribution is 6.05. The summed E-state index contributed by atoms with van der Waals surface area (Å²) in [5.41, 5.74) is 3.72. The van der Waals surface area contributed by atoms with Gasteiger partial charge in [0.15, 0.2) is 0 Å². The van der Waals surface area contributed by atoms with E-state index < -0.39 is 0 Å². The van der Waals surface area contributed by atoms with Gasteiger partial charge in [0.2, 0.25) is 0 Å². The predicted octanol–water partition coefficient (Wildman–Crippen LogP) is 4.46. The van der Waals surface area contributed by atoms with Gasteiger partial charge in [0.25, 0.3) is 5.91 Å². The molecule has 0 unspecified atom stereocenters. The molecule has 1 amide bonds. The van der Waals surface area contributed by atoms with E-state index in [1.165, 1.54) is 0 Å². The molecule has 9 heteroatoms. The van der Waals surface area contributed by atoms with E-state index in [0.29, 0.717) is 22.9 Å². The van der Waals surface area contributed by atoms with E-state index in [9.17, 15) is 4.79 Å². The molecule has 5 aromatic rings. The molecule has 0 saturated carbocycles. The molecule has 168 valence electrons. The highest BCUT2D eigenvalue weighted by Gasteiger charge is 2.15. The molecule has 2 aromatic carbocycles. The molecule has 0 radical (unpaired) electrons. The van der Waals surface area contributed by atoms with Crippen molar-refractivity contribution in [2.75, 3.05) is 10.6 Å². The third kappa shape index (κ3) is 4.40. The molecule has 34 heavy (non-hydrogen) atoms. The van der Waals surface area contributed by atoms with E-state index in [4.69, 9.17) is 0 Å². The first kappa shape index (κ1) is 21.1. The van der Waals surface area contributed by atoms with Gasteiger partial charge in [-0.1, -0.05) is 18.2 Å². The number of anilines is 3. The molecule has 0 bridgehead atoms. The molecule has 0 fully saturated rings. The van der Waals surface area contributed by atoms with Crippen LogP contribution in [0.5, 0.6) is 0 Å². The van der Waals surface area contributed by atoms with Crippen LogP contribution in [0.1, 0.15) is 21.9 Å². The van der Waals surface area contributed by atoms with Crippen LogP contribution in [0.25, 0.3) is 11.5 Å². The smallest absolute Gasteiger partial charge is 0.259 e. The van der Waals surface area contributed by atoms with Gasteiger partial charge in [0, 0.05) is 29.8 Å². The summed E-state index contributed by atoms with van der Waals surface area (Å²) in [6, 6.07) is 19.0. The number of imidazole rings is 1. The van der Waals surface area contributed by atoms with Crippen molar-refractivity contribution in [1.82, 2.24) is 29.3 Å². The molecule has 2 N–H and O–H groups in total. The van der Waals surface area contributed by atoms with E-state index in [2.05, 4.69) is 30.7 Å². The van der Waals surface area contributed by atoms with E-state index in [-0.39, 0.29) is 5.91 Å². The van der Waals surface area contributed by atoms with Crippen molar-refractivity contribution >= 4 is 23.1 Å². The van der Waals surface area contributed by atoms with Crippen molar-refractivity contribution in [3.8, 4) is 11.5 Å². The van der Waals surface area contributed by atoms with Gasteiger partial charge in [-0.2, -0.15) is 5.10 Å². The van der Waals surface area contributed by atoms with Gasteiger partial charge in [-0.25, -0.2) is 19.6 Å². The van der Waals surface area contributed by atoms with Crippen LogP contribution in [0.3, 0.4) is 0 Å². The minimum Gasteiger partial charge on any atom is -0.340 e. The standard InChI is InChI=1S/C25H22N8O/c1-17-22(15-27-33(17)21-6-4-3-5-7-21)25(34)31-20-10-8-19(9-11-20)30-23-14-24(29-18(2)28-23)32-13-12-26-16-32/h3-16H,1-2H3,(H,31,34)(H,28,29,30). The van der Waals surface area contributed by atoms with E-state index >= 15 is 0 Å². The number of carbonyl (C=O) groups excluding carboxylic acids is 1. The number of rotatable bonds is 6. The highest BCUT2D eigenvalue weighted by atomic mass is 16.1. The summed E-state index contributed by atoms with van der Waals surface area (Å²) in [7, 11) is 0. The van der Waals surface area contributed by atoms with Crippen LogP contribution in [0.15, 0.2) is 85.6 Å². The van der Waals surface area contributed by atoms with Crippen LogP contribution in [0.4, 0.5) is 17.2 Å². The van der Waals surface area contributed by atoms with Crippen molar-refractivity contribution in [2.45, 2.75) is 13.8 Å². The minimum absolute atomic E-state index is 0.211. The Morgan fingerprint density at radius 3 is 2.44 bits per heavy atom. The van der Waals surface area contributed by atoms with Crippen LogP contribution in [-0.4, -0.2) is 35.2 Å². The summed E-state index contributed by atoms with van der Waals surface area (Å²) in [6.45, 7) is 3.72. The van der Waals surface area contributed by atoms with Crippen LogP contribution in [0, 0.1) is 13.8 Å². The third-order valence-corrected chi connectivity index (χ3v) is 5.26. The van der Waals surface area contributed by atoms with Gasteiger partial charge in [0.1, 0.15) is 23.8 Å². The lowest BCUT2D eigenvalue weighted by Crippen LogP contribution is -2.13. The Kier molecular flexibility index (Phi) is 5.57. The summed E-state index contributed by atoms with van der Waals surface area (Å²) in [6.07, 6.45) is 6.80. The molecule has 3 aromatic heterocycles. The second-order valence-electron chi connectivity index (χ2n) is 7.68. The third-order valence-electron chi connectivity index (χ3n) is 5.26. The lowest BCUT2D eigenvalue weighted by molar-refractivity contribution is 0.102. The molecule has 0 atom stereocenters. The summed E-state index contributed by atoms with van der Waals surface area (Å²) >= 11 is 0. The molecule has 5 rings (SSSR count). The number of carbonyl (C=O) groups is 1. The Hall–Kier alpha value is -4.79. The number of para-hydroxylation sites is 1. The van der Waals surface area contributed by atoms with Crippen LogP contribution in [0.2, 0.25) is 0 Å². The SMILES string of the molecule is Cc1nc(Nc2ccc(NC(=O)c3cnn(-c4ccccc4)c3C)cc2)cc(-n2ccnc2)n1. The van der Waals surface area contributed by atoms with Gasteiger partial charge in [-0.3, -0.25) is 9.36 Å². The lowest BCUT2D eigenvalue weighted by Gasteiger charge is -2.10. The lowest BCUT2D eigenvalue weighted by atomic mass is 10.2.